The summed E-state index contributed by atoms with van der Waals surface area (Å²) in [6.07, 6.45) is 5.87. The minimum atomic E-state index is -3.59. The summed E-state index contributed by atoms with van der Waals surface area (Å²) in [6, 6.07) is 20.8. The lowest BCUT2D eigenvalue weighted by Gasteiger charge is -2.30. The Morgan fingerprint density at radius 1 is 0.886 bits per heavy atom. The number of carbonyl (C=O) groups excluding carboxylic acids is 1. The molecule has 0 unspecified atom stereocenters. The minimum absolute atomic E-state index is 0.0246. The fourth-order valence-corrected chi connectivity index (χ4v) is 6.62. The molecule has 1 saturated heterocycles. The first-order valence-corrected chi connectivity index (χ1v) is 14.0. The van der Waals surface area contributed by atoms with E-state index in [1.165, 1.54) is 17.1 Å². The fraction of sp³-hybridized carbons (Fsp3) is 0.393. The fourth-order valence-electron chi connectivity index (χ4n) is 5.11. The average molecular weight is 493 g/mol. The van der Waals surface area contributed by atoms with Gasteiger partial charge in [0.25, 0.3) is 0 Å². The van der Waals surface area contributed by atoms with Gasteiger partial charge in [-0.3, -0.25) is 4.79 Å². The van der Waals surface area contributed by atoms with Crippen LogP contribution in [0.4, 0.5) is 0 Å². The second-order valence-electron chi connectivity index (χ2n) is 9.54. The Kier molecular flexibility index (Phi) is 7.07. The van der Waals surface area contributed by atoms with E-state index in [9.17, 15) is 13.2 Å². The highest BCUT2D eigenvalue weighted by Gasteiger charge is 2.32. The molecule has 1 saturated carbocycles. The van der Waals surface area contributed by atoms with E-state index in [2.05, 4.69) is 5.32 Å². The number of sulfonamides is 1. The molecule has 0 bridgehead atoms. The quantitative estimate of drug-likeness (QED) is 0.510. The van der Waals surface area contributed by atoms with Crippen molar-refractivity contribution in [2.75, 3.05) is 13.1 Å². The van der Waals surface area contributed by atoms with E-state index >= 15 is 0 Å². The maximum absolute atomic E-state index is 13.2. The lowest BCUT2D eigenvalue weighted by Crippen LogP contribution is -2.42. The van der Waals surface area contributed by atoms with Gasteiger partial charge < -0.3 is 10.1 Å². The molecule has 1 heterocycles. The summed E-state index contributed by atoms with van der Waals surface area (Å²) in [4.78, 5) is 13.2. The highest BCUT2D eigenvalue weighted by Crippen LogP contribution is 2.28. The average Bonchev–Trinajstić information content (AvgIpc) is 3.41. The minimum Gasteiger partial charge on any atom is -0.490 e. The van der Waals surface area contributed by atoms with Crippen LogP contribution >= 0.6 is 0 Å². The summed E-state index contributed by atoms with van der Waals surface area (Å²) in [5.41, 5.74) is 0.976. The third-order valence-corrected chi connectivity index (χ3v) is 9.10. The van der Waals surface area contributed by atoms with Gasteiger partial charge in [-0.25, -0.2) is 8.42 Å². The Morgan fingerprint density at radius 2 is 1.57 bits per heavy atom. The van der Waals surface area contributed by atoms with Gasteiger partial charge in [-0.1, -0.05) is 48.5 Å². The molecule has 3 aromatic rings. The number of hydrogen-bond donors (Lipinski definition) is 1. The van der Waals surface area contributed by atoms with Gasteiger partial charge in [0.05, 0.1) is 11.0 Å². The highest BCUT2D eigenvalue weighted by molar-refractivity contribution is 7.89. The number of amides is 1. The van der Waals surface area contributed by atoms with Crippen molar-refractivity contribution in [2.45, 2.75) is 56.1 Å². The molecule has 5 rings (SSSR count). The highest BCUT2D eigenvalue weighted by atomic mass is 32.2. The first kappa shape index (κ1) is 23.8. The van der Waals surface area contributed by atoms with Gasteiger partial charge >= 0.3 is 0 Å². The summed E-state index contributed by atoms with van der Waals surface area (Å²) in [5.74, 6) is 0.625. The molecule has 1 aliphatic heterocycles. The first-order chi connectivity index (χ1) is 17.0. The third-order valence-electron chi connectivity index (χ3n) is 7.20. The first-order valence-electron chi connectivity index (χ1n) is 12.5. The number of piperidine rings is 1. The van der Waals surface area contributed by atoms with Gasteiger partial charge in [0.15, 0.2) is 0 Å². The summed E-state index contributed by atoms with van der Waals surface area (Å²) >= 11 is 0. The molecule has 35 heavy (non-hydrogen) atoms. The smallest absolute Gasteiger partial charge is 0.243 e. The van der Waals surface area contributed by atoms with Gasteiger partial charge in [-0.05, 0) is 67.5 Å². The molecule has 3 aromatic carbocycles. The van der Waals surface area contributed by atoms with Gasteiger partial charge in [-0.15, -0.1) is 0 Å². The number of nitrogens with one attached hydrogen (secondary N) is 1. The standard InChI is InChI=1S/C28H32N2O4S/c31-28(29-20-24-9-3-6-12-27(24)34-25-10-4-5-11-25)22-15-17-30(18-16-22)35(32,33)26-14-13-21-7-1-2-8-23(21)19-26/h1-3,6-9,12-14,19,22,25H,4-5,10-11,15-18,20H2,(H,29,31). The summed E-state index contributed by atoms with van der Waals surface area (Å²) in [5, 5.41) is 4.97. The van der Waals surface area contributed by atoms with Crippen molar-refractivity contribution in [2.24, 2.45) is 5.92 Å². The second-order valence-corrected chi connectivity index (χ2v) is 11.5. The summed E-state index contributed by atoms with van der Waals surface area (Å²) in [6.45, 7) is 1.10. The molecule has 2 aliphatic rings. The van der Waals surface area contributed by atoms with E-state index in [1.54, 1.807) is 12.1 Å². The van der Waals surface area contributed by atoms with Gasteiger partial charge in [0, 0.05) is 31.1 Å². The van der Waals surface area contributed by atoms with E-state index in [0.717, 1.165) is 34.9 Å². The number of para-hydroxylation sites is 1. The van der Waals surface area contributed by atoms with E-state index in [-0.39, 0.29) is 17.9 Å². The Hall–Kier alpha value is -2.90. The number of hydrogen-bond acceptors (Lipinski definition) is 4. The summed E-state index contributed by atoms with van der Waals surface area (Å²) < 4.78 is 34.1. The molecule has 0 spiro atoms. The van der Waals surface area contributed by atoms with Crippen molar-refractivity contribution in [3.63, 3.8) is 0 Å². The van der Waals surface area contributed by atoms with Crippen LogP contribution in [0.1, 0.15) is 44.1 Å². The number of fused-ring (bicyclic) bond motifs is 1. The van der Waals surface area contributed by atoms with E-state index < -0.39 is 10.0 Å². The topological polar surface area (TPSA) is 75.7 Å². The molecular formula is C28H32N2O4S. The normalized spacial score (nSPS) is 18.1. The maximum Gasteiger partial charge on any atom is 0.243 e. The zero-order valence-corrected chi connectivity index (χ0v) is 20.7. The van der Waals surface area contributed by atoms with Crippen molar-refractivity contribution < 1.29 is 17.9 Å². The van der Waals surface area contributed by atoms with Gasteiger partial charge in [0.1, 0.15) is 5.75 Å². The molecule has 0 radical (unpaired) electrons. The van der Waals surface area contributed by atoms with Crippen LogP contribution in [0.5, 0.6) is 5.75 Å². The zero-order valence-electron chi connectivity index (χ0n) is 19.9. The number of nitrogens with zero attached hydrogens (tertiary/aromatic N) is 1. The lowest BCUT2D eigenvalue weighted by molar-refractivity contribution is -0.126. The number of benzene rings is 3. The van der Waals surface area contributed by atoms with Gasteiger partial charge in [-0.2, -0.15) is 4.31 Å². The predicted octanol–water partition coefficient (Wildman–Crippen LogP) is 4.88. The number of ether oxygens (including phenoxy) is 1. The van der Waals surface area contributed by atoms with E-state index in [1.807, 2.05) is 54.6 Å². The van der Waals surface area contributed by atoms with Crippen LogP contribution in [0.2, 0.25) is 0 Å². The number of rotatable bonds is 7. The van der Waals surface area contributed by atoms with E-state index in [0.29, 0.717) is 37.4 Å². The molecule has 1 aliphatic carbocycles. The van der Waals surface area contributed by atoms with Crippen LogP contribution in [0.15, 0.2) is 71.6 Å². The molecule has 0 atom stereocenters. The predicted molar refractivity (Wildman–Crippen MR) is 137 cm³/mol. The second kappa shape index (κ2) is 10.4. The Bertz CT molecular complexity index is 1290. The lowest BCUT2D eigenvalue weighted by atomic mass is 9.97. The molecule has 2 fully saturated rings. The van der Waals surface area contributed by atoms with Crippen LogP contribution in [0.3, 0.4) is 0 Å². The molecule has 0 aromatic heterocycles. The van der Waals surface area contributed by atoms with Crippen molar-refractivity contribution in [1.82, 2.24) is 9.62 Å². The monoisotopic (exact) mass is 492 g/mol. The zero-order chi connectivity index (χ0) is 24.3. The number of carbonyl (C=O) groups is 1. The Labute approximate surface area is 207 Å². The summed E-state index contributed by atoms with van der Waals surface area (Å²) in [7, 11) is -3.59. The molecule has 1 N–H and O–H groups in total. The van der Waals surface area contributed by atoms with E-state index in [4.69, 9.17) is 4.74 Å². The molecule has 6 nitrogen and oxygen atoms in total. The van der Waals surface area contributed by atoms with Crippen LogP contribution in [-0.2, 0) is 21.4 Å². The van der Waals surface area contributed by atoms with Crippen LogP contribution in [-0.4, -0.2) is 37.8 Å². The van der Waals surface area contributed by atoms with Crippen LogP contribution in [0, 0.1) is 5.92 Å². The van der Waals surface area contributed by atoms with Gasteiger partial charge in [0.2, 0.25) is 15.9 Å². The van der Waals surface area contributed by atoms with Crippen molar-refractivity contribution in [3.8, 4) is 5.75 Å². The van der Waals surface area contributed by atoms with Crippen LogP contribution in [0.25, 0.3) is 10.8 Å². The Balaban J connectivity index is 1.17. The Morgan fingerprint density at radius 3 is 2.34 bits per heavy atom. The largest absolute Gasteiger partial charge is 0.490 e. The third kappa shape index (κ3) is 5.36. The maximum atomic E-state index is 13.2. The van der Waals surface area contributed by atoms with Crippen molar-refractivity contribution >= 4 is 26.7 Å². The van der Waals surface area contributed by atoms with Crippen molar-refractivity contribution in [1.29, 1.82) is 0 Å². The molecule has 184 valence electrons. The SMILES string of the molecule is O=C(NCc1ccccc1OC1CCCC1)C1CCN(S(=O)(=O)c2ccc3ccccc3c2)CC1. The molecule has 7 heteroatoms. The molecule has 1 amide bonds. The van der Waals surface area contributed by atoms with Crippen molar-refractivity contribution in [3.05, 3.63) is 72.3 Å². The van der Waals surface area contributed by atoms with Crippen LogP contribution < -0.4 is 10.1 Å². The molecular weight excluding hydrogens is 460 g/mol.